The summed E-state index contributed by atoms with van der Waals surface area (Å²) in [6, 6.07) is 9.07. The van der Waals surface area contributed by atoms with Gasteiger partial charge in [-0.1, -0.05) is 35.9 Å². The minimum Gasteiger partial charge on any atom is -0.392 e. The lowest BCUT2D eigenvalue weighted by Crippen LogP contribution is -2.24. The maximum atomic E-state index is 12.0. The van der Waals surface area contributed by atoms with Crippen LogP contribution in [0.4, 0.5) is 0 Å². The molecule has 0 bridgehead atoms. The number of amides is 1. The summed E-state index contributed by atoms with van der Waals surface area (Å²) in [5.74, 6) is -0.177. The third-order valence-electron chi connectivity index (χ3n) is 2.83. The van der Waals surface area contributed by atoms with Crippen molar-refractivity contribution in [2.45, 2.75) is 13.2 Å². The van der Waals surface area contributed by atoms with Gasteiger partial charge in [0.15, 0.2) is 0 Å². The Balaban J connectivity index is 2.02. The first-order chi connectivity index (χ1) is 9.10. The van der Waals surface area contributed by atoms with Crippen LogP contribution < -0.4 is 5.32 Å². The molecule has 5 heteroatoms. The van der Waals surface area contributed by atoms with Gasteiger partial charge in [0.25, 0.3) is 5.91 Å². The number of nitrogens with zero attached hydrogens (tertiary/aromatic N) is 1. The lowest BCUT2D eigenvalue weighted by Gasteiger charge is -2.07. The predicted molar refractivity (Wildman–Crippen MR) is 74.0 cm³/mol. The van der Waals surface area contributed by atoms with E-state index in [4.69, 9.17) is 16.7 Å². The first kappa shape index (κ1) is 13.6. The van der Waals surface area contributed by atoms with E-state index in [0.29, 0.717) is 17.3 Å². The van der Waals surface area contributed by atoms with Crippen LogP contribution in [-0.4, -0.2) is 15.6 Å². The molecule has 0 unspecified atom stereocenters. The van der Waals surface area contributed by atoms with Gasteiger partial charge < -0.3 is 15.0 Å². The average molecular weight is 279 g/mol. The van der Waals surface area contributed by atoms with Crippen molar-refractivity contribution < 1.29 is 9.90 Å². The topological polar surface area (TPSA) is 54.3 Å². The van der Waals surface area contributed by atoms with E-state index in [1.54, 1.807) is 23.9 Å². The maximum absolute atomic E-state index is 12.0. The number of hydrogen-bond acceptors (Lipinski definition) is 2. The van der Waals surface area contributed by atoms with Crippen molar-refractivity contribution in [1.82, 2.24) is 9.88 Å². The molecule has 0 saturated carbocycles. The highest BCUT2D eigenvalue weighted by molar-refractivity contribution is 6.31. The number of aliphatic hydroxyl groups excluding tert-OH is 1. The Morgan fingerprint density at radius 3 is 2.74 bits per heavy atom. The lowest BCUT2D eigenvalue weighted by molar-refractivity contribution is 0.0943. The van der Waals surface area contributed by atoms with Gasteiger partial charge in [0.2, 0.25) is 0 Å². The van der Waals surface area contributed by atoms with Crippen molar-refractivity contribution in [2.75, 3.05) is 0 Å². The highest BCUT2D eigenvalue weighted by Crippen LogP contribution is 2.13. The van der Waals surface area contributed by atoms with Crippen LogP contribution in [0.25, 0.3) is 0 Å². The van der Waals surface area contributed by atoms with Gasteiger partial charge in [-0.2, -0.15) is 0 Å². The van der Waals surface area contributed by atoms with Crippen molar-refractivity contribution in [3.63, 3.8) is 0 Å². The Labute approximate surface area is 116 Å². The fraction of sp³-hybridized carbons (Fsp3) is 0.214. The fourth-order valence-corrected chi connectivity index (χ4v) is 2.11. The molecular weight excluding hydrogens is 264 g/mol. The molecule has 0 atom stereocenters. The molecule has 1 amide bonds. The minimum absolute atomic E-state index is 0.00476. The van der Waals surface area contributed by atoms with Gasteiger partial charge in [0, 0.05) is 19.8 Å². The van der Waals surface area contributed by atoms with Crippen molar-refractivity contribution in [2.24, 2.45) is 7.05 Å². The summed E-state index contributed by atoms with van der Waals surface area (Å²) in [6.45, 7) is 0.407. The lowest BCUT2D eigenvalue weighted by atomic mass is 10.1. The van der Waals surface area contributed by atoms with Crippen molar-refractivity contribution >= 4 is 17.5 Å². The molecule has 0 saturated heterocycles. The van der Waals surface area contributed by atoms with E-state index in [1.807, 2.05) is 24.3 Å². The van der Waals surface area contributed by atoms with E-state index in [9.17, 15) is 4.79 Å². The summed E-state index contributed by atoms with van der Waals surface area (Å²) in [6.07, 6.45) is 1.68. The Morgan fingerprint density at radius 1 is 1.37 bits per heavy atom. The van der Waals surface area contributed by atoms with E-state index >= 15 is 0 Å². The highest BCUT2D eigenvalue weighted by Gasteiger charge is 2.10. The van der Waals surface area contributed by atoms with Crippen molar-refractivity contribution in [3.05, 3.63) is 58.4 Å². The zero-order chi connectivity index (χ0) is 13.8. The van der Waals surface area contributed by atoms with Crippen molar-refractivity contribution in [3.8, 4) is 0 Å². The molecule has 4 nitrogen and oxygen atoms in total. The normalized spacial score (nSPS) is 10.5. The second kappa shape index (κ2) is 5.91. The summed E-state index contributed by atoms with van der Waals surface area (Å²) in [5, 5.41) is 12.4. The number of carbonyl (C=O) groups excluding carboxylic acids is 1. The molecule has 1 heterocycles. The van der Waals surface area contributed by atoms with E-state index in [0.717, 1.165) is 11.1 Å². The van der Waals surface area contributed by atoms with E-state index in [2.05, 4.69) is 5.32 Å². The highest BCUT2D eigenvalue weighted by atomic mass is 35.5. The van der Waals surface area contributed by atoms with Crippen LogP contribution in [0.3, 0.4) is 0 Å². The molecule has 19 heavy (non-hydrogen) atoms. The van der Waals surface area contributed by atoms with Crippen LogP contribution in [0.15, 0.2) is 36.5 Å². The van der Waals surface area contributed by atoms with Gasteiger partial charge >= 0.3 is 0 Å². The van der Waals surface area contributed by atoms with Gasteiger partial charge in [-0.3, -0.25) is 4.79 Å². The summed E-state index contributed by atoms with van der Waals surface area (Å²) < 4.78 is 1.68. The standard InChI is InChI=1S/C14H15ClN2O2/c1-17-8-12(15)6-13(17)14(19)16-7-10-3-2-4-11(5-10)9-18/h2-6,8,18H,7,9H2,1H3,(H,16,19). The Hall–Kier alpha value is -1.78. The second-order valence-electron chi connectivity index (χ2n) is 4.32. The molecule has 1 aromatic carbocycles. The summed E-state index contributed by atoms with van der Waals surface area (Å²) in [4.78, 5) is 12.0. The zero-order valence-corrected chi connectivity index (χ0v) is 11.3. The molecule has 2 N–H and O–H groups in total. The van der Waals surface area contributed by atoms with Crippen LogP contribution in [0, 0.1) is 0 Å². The molecule has 0 aliphatic rings. The largest absolute Gasteiger partial charge is 0.392 e. The fourth-order valence-electron chi connectivity index (χ4n) is 1.86. The predicted octanol–water partition coefficient (Wildman–Crippen LogP) is 2.10. The summed E-state index contributed by atoms with van der Waals surface area (Å²) >= 11 is 5.84. The number of halogens is 1. The van der Waals surface area contributed by atoms with E-state index in [1.165, 1.54) is 0 Å². The smallest absolute Gasteiger partial charge is 0.268 e. The molecule has 2 rings (SSSR count). The SMILES string of the molecule is Cn1cc(Cl)cc1C(=O)NCc1cccc(CO)c1. The quantitative estimate of drug-likeness (QED) is 0.900. The molecule has 2 aromatic rings. The number of aryl methyl sites for hydroxylation is 1. The molecule has 0 fully saturated rings. The molecule has 1 aromatic heterocycles. The Morgan fingerprint density at radius 2 is 2.11 bits per heavy atom. The summed E-state index contributed by atoms with van der Waals surface area (Å²) in [5.41, 5.74) is 2.29. The average Bonchev–Trinajstić information content (AvgIpc) is 2.75. The number of benzene rings is 1. The number of nitrogens with one attached hydrogen (secondary N) is 1. The number of aromatic nitrogens is 1. The molecule has 0 spiro atoms. The molecule has 0 aliphatic carbocycles. The van der Waals surface area contributed by atoms with Crippen LogP contribution in [0.5, 0.6) is 0 Å². The third kappa shape index (κ3) is 3.36. The van der Waals surface area contributed by atoms with Crippen LogP contribution in [0.1, 0.15) is 21.6 Å². The van der Waals surface area contributed by atoms with Gasteiger partial charge in [0.1, 0.15) is 5.69 Å². The monoisotopic (exact) mass is 278 g/mol. The van der Waals surface area contributed by atoms with Crippen molar-refractivity contribution in [1.29, 1.82) is 0 Å². The third-order valence-corrected chi connectivity index (χ3v) is 3.04. The first-order valence-corrected chi connectivity index (χ1v) is 6.26. The van der Waals surface area contributed by atoms with E-state index < -0.39 is 0 Å². The van der Waals surface area contributed by atoms with Crippen LogP contribution in [-0.2, 0) is 20.2 Å². The van der Waals surface area contributed by atoms with Crippen LogP contribution >= 0.6 is 11.6 Å². The number of aliphatic hydroxyl groups is 1. The number of hydrogen-bond donors (Lipinski definition) is 2. The first-order valence-electron chi connectivity index (χ1n) is 5.89. The second-order valence-corrected chi connectivity index (χ2v) is 4.75. The molecular formula is C14H15ClN2O2. The zero-order valence-electron chi connectivity index (χ0n) is 10.6. The van der Waals surface area contributed by atoms with Gasteiger partial charge in [-0.05, 0) is 17.2 Å². The van der Waals surface area contributed by atoms with Gasteiger partial charge in [0.05, 0.1) is 11.6 Å². The number of carbonyl (C=O) groups is 1. The van der Waals surface area contributed by atoms with Gasteiger partial charge in [-0.25, -0.2) is 0 Å². The Bertz CT molecular complexity index is 593. The van der Waals surface area contributed by atoms with E-state index in [-0.39, 0.29) is 12.5 Å². The minimum atomic E-state index is -0.177. The summed E-state index contributed by atoms with van der Waals surface area (Å²) in [7, 11) is 1.77. The van der Waals surface area contributed by atoms with Gasteiger partial charge in [-0.15, -0.1) is 0 Å². The number of rotatable bonds is 4. The molecule has 100 valence electrons. The Kier molecular flexibility index (Phi) is 4.24. The van der Waals surface area contributed by atoms with Crippen LogP contribution in [0.2, 0.25) is 5.02 Å². The maximum Gasteiger partial charge on any atom is 0.268 e. The molecule has 0 aliphatic heterocycles. The molecule has 0 radical (unpaired) electrons.